The smallest absolute Gasteiger partial charge is 0.271 e. The number of nitrogens with one attached hydrogen (secondary N) is 2. The maximum Gasteiger partial charge on any atom is 0.271 e. The lowest BCUT2D eigenvalue weighted by molar-refractivity contribution is 0.0905. The Kier molecular flexibility index (Phi) is 3.78. The summed E-state index contributed by atoms with van der Waals surface area (Å²) in [6, 6.07) is 2.58. The van der Waals surface area contributed by atoms with Crippen LogP contribution in [0, 0.1) is 5.41 Å². The van der Waals surface area contributed by atoms with E-state index in [1.54, 1.807) is 0 Å². The van der Waals surface area contributed by atoms with E-state index in [1.807, 2.05) is 13.8 Å². The van der Waals surface area contributed by atoms with Crippen molar-refractivity contribution in [2.75, 3.05) is 13.2 Å². The third kappa shape index (κ3) is 3.47. The van der Waals surface area contributed by atoms with E-state index >= 15 is 0 Å². The summed E-state index contributed by atoms with van der Waals surface area (Å²) in [5.74, 6) is -0.377. The van der Waals surface area contributed by atoms with E-state index in [-0.39, 0.29) is 29.2 Å². The SMILES string of the molecule is CC(C)(CO)CNC(=O)c1ccc(=O)[nH]n1. The molecule has 0 saturated carbocycles. The van der Waals surface area contributed by atoms with E-state index in [4.69, 9.17) is 5.11 Å². The van der Waals surface area contributed by atoms with Crippen molar-refractivity contribution in [3.63, 3.8) is 0 Å². The molecule has 1 aromatic rings. The van der Waals surface area contributed by atoms with Gasteiger partial charge in [0.25, 0.3) is 11.5 Å². The molecule has 0 aliphatic rings. The van der Waals surface area contributed by atoms with Gasteiger partial charge in [-0.1, -0.05) is 13.8 Å². The normalized spacial score (nSPS) is 11.2. The molecule has 0 aliphatic carbocycles. The lowest BCUT2D eigenvalue weighted by Gasteiger charge is -2.21. The van der Waals surface area contributed by atoms with Crippen molar-refractivity contribution in [3.05, 3.63) is 28.2 Å². The number of carbonyl (C=O) groups excluding carboxylic acids is 1. The Bertz CT molecular complexity index is 405. The second kappa shape index (κ2) is 4.89. The Morgan fingerprint density at radius 1 is 1.56 bits per heavy atom. The number of hydrogen-bond acceptors (Lipinski definition) is 4. The molecule has 0 radical (unpaired) electrons. The standard InChI is InChI=1S/C10H15N3O3/c1-10(2,6-14)5-11-9(16)7-3-4-8(15)13-12-7/h3-4,14H,5-6H2,1-2H3,(H,11,16)(H,13,15). The predicted molar refractivity (Wildman–Crippen MR) is 58.1 cm³/mol. The quantitative estimate of drug-likeness (QED) is 0.645. The zero-order valence-electron chi connectivity index (χ0n) is 9.28. The fraction of sp³-hybridized carbons (Fsp3) is 0.500. The minimum Gasteiger partial charge on any atom is -0.396 e. The van der Waals surface area contributed by atoms with Crippen LogP contribution >= 0.6 is 0 Å². The average Bonchev–Trinajstić information content (AvgIpc) is 2.27. The van der Waals surface area contributed by atoms with Gasteiger partial charge in [-0.15, -0.1) is 0 Å². The van der Waals surface area contributed by atoms with E-state index < -0.39 is 0 Å². The summed E-state index contributed by atoms with van der Waals surface area (Å²) in [7, 11) is 0. The van der Waals surface area contributed by atoms with Gasteiger partial charge in [0.2, 0.25) is 0 Å². The molecule has 0 spiro atoms. The Morgan fingerprint density at radius 2 is 2.25 bits per heavy atom. The van der Waals surface area contributed by atoms with Crippen LogP contribution in [0.25, 0.3) is 0 Å². The highest BCUT2D eigenvalue weighted by molar-refractivity contribution is 5.91. The van der Waals surface area contributed by atoms with Crippen molar-refractivity contribution in [2.24, 2.45) is 5.41 Å². The number of aromatic amines is 1. The van der Waals surface area contributed by atoms with Crippen molar-refractivity contribution in [3.8, 4) is 0 Å². The summed E-state index contributed by atoms with van der Waals surface area (Å²) in [4.78, 5) is 22.3. The van der Waals surface area contributed by atoms with Crippen LogP contribution in [0.15, 0.2) is 16.9 Å². The van der Waals surface area contributed by atoms with Gasteiger partial charge in [-0.3, -0.25) is 9.59 Å². The first-order valence-electron chi connectivity index (χ1n) is 4.89. The van der Waals surface area contributed by atoms with Gasteiger partial charge in [-0.05, 0) is 6.07 Å². The lowest BCUT2D eigenvalue weighted by atomic mass is 9.95. The molecule has 6 nitrogen and oxygen atoms in total. The number of rotatable bonds is 4. The summed E-state index contributed by atoms with van der Waals surface area (Å²) in [5.41, 5.74) is -0.585. The van der Waals surface area contributed by atoms with Gasteiger partial charge in [-0.25, -0.2) is 5.10 Å². The fourth-order valence-corrected chi connectivity index (χ4v) is 0.937. The first-order valence-corrected chi connectivity index (χ1v) is 4.89. The van der Waals surface area contributed by atoms with E-state index in [9.17, 15) is 9.59 Å². The summed E-state index contributed by atoms with van der Waals surface area (Å²) in [6.45, 7) is 3.97. The molecule has 1 aromatic heterocycles. The van der Waals surface area contributed by atoms with Crippen LogP contribution in [0.5, 0.6) is 0 Å². The molecule has 0 saturated heterocycles. The summed E-state index contributed by atoms with van der Waals surface area (Å²) < 4.78 is 0. The van der Waals surface area contributed by atoms with Crippen LogP contribution in [0.4, 0.5) is 0 Å². The molecule has 0 unspecified atom stereocenters. The third-order valence-corrected chi connectivity index (χ3v) is 2.07. The van der Waals surface area contributed by atoms with Gasteiger partial charge in [0.05, 0.1) is 0 Å². The van der Waals surface area contributed by atoms with Gasteiger partial charge < -0.3 is 10.4 Å². The largest absolute Gasteiger partial charge is 0.396 e. The zero-order chi connectivity index (χ0) is 12.2. The molecule has 0 bridgehead atoms. The molecular formula is C10H15N3O3. The monoisotopic (exact) mass is 225 g/mol. The minimum absolute atomic E-state index is 0.0215. The molecule has 88 valence electrons. The number of nitrogens with zero attached hydrogens (tertiary/aromatic N) is 1. The number of carbonyl (C=O) groups is 1. The minimum atomic E-state index is -0.377. The van der Waals surface area contributed by atoms with Crippen LogP contribution in [0.2, 0.25) is 0 Å². The molecule has 0 aromatic carbocycles. The third-order valence-electron chi connectivity index (χ3n) is 2.07. The van der Waals surface area contributed by atoms with Crippen LogP contribution in [-0.4, -0.2) is 34.4 Å². The van der Waals surface area contributed by atoms with Gasteiger partial charge in [0.1, 0.15) is 5.69 Å². The molecule has 3 N–H and O–H groups in total. The highest BCUT2D eigenvalue weighted by Crippen LogP contribution is 2.11. The molecule has 6 heteroatoms. The van der Waals surface area contributed by atoms with E-state index in [1.165, 1.54) is 12.1 Å². The van der Waals surface area contributed by atoms with Crippen LogP contribution in [0.1, 0.15) is 24.3 Å². The number of hydrogen-bond donors (Lipinski definition) is 3. The molecule has 0 fully saturated rings. The number of aliphatic hydroxyl groups is 1. The summed E-state index contributed by atoms with van der Waals surface area (Å²) in [6.07, 6.45) is 0. The molecule has 1 heterocycles. The highest BCUT2D eigenvalue weighted by atomic mass is 16.3. The Hall–Kier alpha value is -1.69. The van der Waals surface area contributed by atoms with Crippen molar-refractivity contribution in [1.82, 2.24) is 15.5 Å². The molecule has 1 rings (SSSR count). The van der Waals surface area contributed by atoms with Gasteiger partial charge >= 0.3 is 0 Å². The molecule has 0 atom stereocenters. The lowest BCUT2D eigenvalue weighted by Crippen LogP contribution is -2.36. The van der Waals surface area contributed by atoms with E-state index in [2.05, 4.69) is 15.5 Å². The second-order valence-corrected chi connectivity index (χ2v) is 4.31. The number of H-pyrrole nitrogens is 1. The van der Waals surface area contributed by atoms with Crippen LogP contribution < -0.4 is 10.9 Å². The van der Waals surface area contributed by atoms with Crippen molar-refractivity contribution >= 4 is 5.91 Å². The molecule has 16 heavy (non-hydrogen) atoms. The zero-order valence-corrected chi connectivity index (χ0v) is 9.28. The van der Waals surface area contributed by atoms with Gasteiger partial charge in [0.15, 0.2) is 0 Å². The maximum absolute atomic E-state index is 11.5. The molecular weight excluding hydrogens is 210 g/mol. The van der Waals surface area contributed by atoms with Crippen LogP contribution in [0.3, 0.4) is 0 Å². The average molecular weight is 225 g/mol. The highest BCUT2D eigenvalue weighted by Gasteiger charge is 2.18. The van der Waals surface area contributed by atoms with Gasteiger partial charge in [0, 0.05) is 24.6 Å². The Labute approximate surface area is 92.7 Å². The maximum atomic E-state index is 11.5. The number of aliphatic hydroxyl groups excluding tert-OH is 1. The first-order chi connectivity index (χ1) is 7.44. The van der Waals surface area contributed by atoms with E-state index in [0.717, 1.165) is 0 Å². The first kappa shape index (κ1) is 12.4. The molecule has 0 aliphatic heterocycles. The summed E-state index contributed by atoms with van der Waals surface area (Å²) in [5, 5.41) is 17.4. The number of aromatic nitrogens is 2. The van der Waals surface area contributed by atoms with Gasteiger partial charge in [-0.2, -0.15) is 5.10 Å². The topological polar surface area (TPSA) is 95.1 Å². The molecule has 1 amide bonds. The summed E-state index contributed by atoms with van der Waals surface area (Å²) >= 11 is 0. The second-order valence-electron chi connectivity index (χ2n) is 4.31. The predicted octanol–water partition coefficient (Wildman–Crippen LogP) is -0.482. The Balaban J connectivity index is 2.60. The number of amides is 1. The van der Waals surface area contributed by atoms with Crippen molar-refractivity contribution < 1.29 is 9.90 Å². The van der Waals surface area contributed by atoms with Crippen molar-refractivity contribution in [2.45, 2.75) is 13.8 Å². The van der Waals surface area contributed by atoms with Crippen molar-refractivity contribution in [1.29, 1.82) is 0 Å². The van der Waals surface area contributed by atoms with E-state index in [0.29, 0.717) is 6.54 Å². The Morgan fingerprint density at radius 3 is 2.75 bits per heavy atom. The van der Waals surface area contributed by atoms with Crippen LogP contribution in [-0.2, 0) is 0 Å². The fourth-order valence-electron chi connectivity index (χ4n) is 0.937.